The summed E-state index contributed by atoms with van der Waals surface area (Å²) >= 11 is 3.43. The van der Waals surface area contributed by atoms with Gasteiger partial charge in [0.25, 0.3) is 5.91 Å². The largest absolute Gasteiger partial charge is 0.490 e. The van der Waals surface area contributed by atoms with E-state index in [9.17, 15) is 4.79 Å². The van der Waals surface area contributed by atoms with Crippen LogP contribution in [0, 0.1) is 0 Å². The van der Waals surface area contributed by atoms with E-state index in [1.165, 1.54) is 0 Å². The van der Waals surface area contributed by atoms with Gasteiger partial charge in [-0.15, -0.1) is 12.4 Å². The Morgan fingerprint density at radius 2 is 2.05 bits per heavy atom. The monoisotopic (exact) mass is 366 g/mol. The van der Waals surface area contributed by atoms with Crippen LogP contribution in [0.3, 0.4) is 0 Å². The van der Waals surface area contributed by atoms with E-state index >= 15 is 0 Å². The molecule has 114 valence electrons. The van der Waals surface area contributed by atoms with E-state index in [0.29, 0.717) is 18.1 Å². The number of hydrogen-bond acceptors (Lipinski definition) is 4. The van der Waals surface area contributed by atoms with Gasteiger partial charge in [0.05, 0.1) is 11.1 Å². The van der Waals surface area contributed by atoms with Gasteiger partial charge in [0.15, 0.2) is 18.1 Å². The zero-order chi connectivity index (χ0) is 14.3. The van der Waals surface area contributed by atoms with Gasteiger partial charge >= 0.3 is 0 Å². The summed E-state index contributed by atoms with van der Waals surface area (Å²) in [6.07, 6.45) is 0. The zero-order valence-corrected chi connectivity index (χ0v) is 14.0. The average molecular weight is 368 g/mol. The summed E-state index contributed by atoms with van der Waals surface area (Å²) in [6, 6.07) is 3.83. The smallest absolute Gasteiger partial charge is 0.255 e. The molecule has 0 spiro atoms. The first-order valence-electron chi connectivity index (χ1n) is 6.15. The van der Waals surface area contributed by atoms with Crippen molar-refractivity contribution in [2.45, 2.75) is 20.4 Å². The van der Waals surface area contributed by atoms with Gasteiger partial charge < -0.3 is 20.5 Å². The van der Waals surface area contributed by atoms with Crippen LogP contribution in [0.5, 0.6) is 11.5 Å². The van der Waals surface area contributed by atoms with Crippen LogP contribution >= 0.6 is 28.3 Å². The van der Waals surface area contributed by atoms with Gasteiger partial charge in [-0.1, -0.05) is 6.92 Å². The second-order valence-corrected chi connectivity index (χ2v) is 4.73. The summed E-state index contributed by atoms with van der Waals surface area (Å²) in [4.78, 5) is 10.8. The molecule has 0 fully saturated rings. The summed E-state index contributed by atoms with van der Waals surface area (Å²) in [5, 5.41) is 3.24. The van der Waals surface area contributed by atoms with Crippen molar-refractivity contribution in [3.63, 3.8) is 0 Å². The molecule has 0 radical (unpaired) electrons. The summed E-state index contributed by atoms with van der Waals surface area (Å²) < 4.78 is 11.7. The van der Waals surface area contributed by atoms with Crippen molar-refractivity contribution in [3.8, 4) is 11.5 Å². The Hall–Kier alpha value is -0.980. The van der Waals surface area contributed by atoms with E-state index in [1.54, 1.807) is 0 Å². The van der Waals surface area contributed by atoms with Gasteiger partial charge in [0, 0.05) is 6.54 Å². The first-order valence-corrected chi connectivity index (χ1v) is 6.94. The molecule has 0 aliphatic heterocycles. The first-order chi connectivity index (χ1) is 9.08. The maximum absolute atomic E-state index is 10.8. The molecule has 3 N–H and O–H groups in total. The second kappa shape index (κ2) is 9.85. The highest BCUT2D eigenvalue weighted by molar-refractivity contribution is 9.10. The lowest BCUT2D eigenvalue weighted by Gasteiger charge is -2.14. The van der Waals surface area contributed by atoms with Gasteiger partial charge in [0.2, 0.25) is 0 Å². The molecule has 1 amide bonds. The number of hydrogen-bond donors (Lipinski definition) is 2. The van der Waals surface area contributed by atoms with Crippen LogP contribution in [-0.4, -0.2) is 25.7 Å². The van der Waals surface area contributed by atoms with Crippen LogP contribution in [0.15, 0.2) is 16.6 Å². The van der Waals surface area contributed by atoms with Gasteiger partial charge in [-0.3, -0.25) is 4.79 Å². The van der Waals surface area contributed by atoms with Crippen molar-refractivity contribution in [2.75, 3.05) is 19.8 Å². The third kappa shape index (κ3) is 5.98. The van der Waals surface area contributed by atoms with Gasteiger partial charge in [-0.05, 0) is 47.1 Å². The minimum absolute atomic E-state index is 0. The maximum Gasteiger partial charge on any atom is 0.255 e. The van der Waals surface area contributed by atoms with Gasteiger partial charge in [0.1, 0.15) is 0 Å². The molecule has 1 aromatic carbocycles. The maximum atomic E-state index is 10.8. The molecular weight excluding hydrogens is 348 g/mol. The Morgan fingerprint density at radius 1 is 1.35 bits per heavy atom. The number of carbonyl (C=O) groups is 1. The van der Waals surface area contributed by atoms with Crippen molar-refractivity contribution >= 4 is 34.2 Å². The number of amides is 1. The predicted molar refractivity (Wildman–Crippen MR) is 84.6 cm³/mol. The number of nitrogens with one attached hydrogen (secondary N) is 1. The molecular formula is C13H20BrClN2O3. The van der Waals surface area contributed by atoms with Crippen LogP contribution in [0.4, 0.5) is 0 Å². The van der Waals surface area contributed by atoms with Crippen LogP contribution in [0.2, 0.25) is 0 Å². The molecule has 1 aromatic rings. The molecule has 0 saturated heterocycles. The third-order valence-corrected chi connectivity index (χ3v) is 2.90. The number of ether oxygens (including phenoxy) is 2. The number of nitrogens with two attached hydrogens (primary N) is 1. The number of rotatable bonds is 8. The Kier molecular flexibility index (Phi) is 9.37. The molecule has 5 nitrogen and oxygen atoms in total. The van der Waals surface area contributed by atoms with E-state index in [0.717, 1.165) is 23.1 Å². The molecule has 0 aromatic heterocycles. The second-order valence-electron chi connectivity index (χ2n) is 3.87. The number of halogens is 2. The minimum atomic E-state index is -0.522. The normalized spacial score (nSPS) is 9.75. The first kappa shape index (κ1) is 19.0. The molecule has 0 aliphatic carbocycles. The molecule has 7 heteroatoms. The lowest BCUT2D eigenvalue weighted by atomic mass is 10.2. The van der Waals surface area contributed by atoms with E-state index in [2.05, 4.69) is 21.2 Å². The van der Waals surface area contributed by atoms with Crippen LogP contribution in [0.25, 0.3) is 0 Å². The summed E-state index contributed by atoms with van der Waals surface area (Å²) in [7, 11) is 0. The van der Waals surface area contributed by atoms with Gasteiger partial charge in [-0.2, -0.15) is 0 Å². The molecule has 0 saturated carbocycles. The van der Waals surface area contributed by atoms with Crippen molar-refractivity contribution in [1.82, 2.24) is 5.32 Å². The fourth-order valence-corrected chi connectivity index (χ4v) is 2.14. The fraction of sp³-hybridized carbons (Fsp3) is 0.462. The molecule has 0 bridgehead atoms. The highest BCUT2D eigenvalue weighted by Gasteiger charge is 2.13. The van der Waals surface area contributed by atoms with E-state index in [-0.39, 0.29) is 19.0 Å². The molecule has 0 heterocycles. The highest BCUT2D eigenvalue weighted by atomic mass is 79.9. The van der Waals surface area contributed by atoms with E-state index in [4.69, 9.17) is 15.2 Å². The van der Waals surface area contributed by atoms with Crippen molar-refractivity contribution in [2.24, 2.45) is 5.73 Å². The topological polar surface area (TPSA) is 73.6 Å². The van der Waals surface area contributed by atoms with Crippen LogP contribution < -0.4 is 20.5 Å². The fourth-order valence-electron chi connectivity index (χ4n) is 1.54. The van der Waals surface area contributed by atoms with Crippen molar-refractivity contribution < 1.29 is 14.3 Å². The third-order valence-electron chi connectivity index (χ3n) is 2.31. The standard InChI is InChI=1S/C13H19BrN2O3.ClH/c1-3-16-7-9-5-10(14)13(19-8-12(15)17)11(6-9)18-4-2;/h5-6,16H,3-4,7-8H2,1-2H3,(H2,15,17);1H. The summed E-state index contributed by atoms with van der Waals surface area (Å²) in [6.45, 7) is 5.91. The van der Waals surface area contributed by atoms with Crippen molar-refractivity contribution in [3.05, 3.63) is 22.2 Å². The lowest BCUT2D eigenvalue weighted by Crippen LogP contribution is -2.20. The van der Waals surface area contributed by atoms with E-state index < -0.39 is 5.91 Å². The SMILES string of the molecule is CCNCc1cc(Br)c(OCC(N)=O)c(OCC)c1.Cl. The number of benzene rings is 1. The quantitative estimate of drug-likeness (QED) is 0.739. The minimum Gasteiger partial charge on any atom is -0.490 e. The number of primary amides is 1. The summed E-state index contributed by atoms with van der Waals surface area (Å²) in [5.74, 6) is 0.581. The van der Waals surface area contributed by atoms with Crippen LogP contribution in [-0.2, 0) is 11.3 Å². The zero-order valence-electron chi connectivity index (χ0n) is 11.6. The molecule has 1 rings (SSSR count). The van der Waals surface area contributed by atoms with Gasteiger partial charge in [-0.25, -0.2) is 0 Å². The average Bonchev–Trinajstić information content (AvgIpc) is 2.35. The Morgan fingerprint density at radius 3 is 2.60 bits per heavy atom. The van der Waals surface area contributed by atoms with E-state index in [1.807, 2.05) is 26.0 Å². The lowest BCUT2D eigenvalue weighted by molar-refractivity contribution is -0.119. The Bertz CT molecular complexity index is 444. The predicted octanol–water partition coefficient (Wildman–Crippen LogP) is 2.24. The Labute approximate surface area is 133 Å². The number of carbonyl (C=O) groups excluding carboxylic acids is 1. The molecule has 0 unspecified atom stereocenters. The Balaban J connectivity index is 0.00000361. The molecule has 0 atom stereocenters. The van der Waals surface area contributed by atoms with Crippen molar-refractivity contribution in [1.29, 1.82) is 0 Å². The molecule has 0 aliphatic rings. The highest BCUT2D eigenvalue weighted by Crippen LogP contribution is 2.36. The summed E-state index contributed by atoms with van der Waals surface area (Å²) in [5.41, 5.74) is 6.15. The van der Waals surface area contributed by atoms with Crippen LogP contribution in [0.1, 0.15) is 19.4 Å². The molecule has 20 heavy (non-hydrogen) atoms.